The number of morpholine rings is 1. The van der Waals surface area contributed by atoms with Crippen LogP contribution in [0.2, 0.25) is 0 Å². The highest BCUT2D eigenvalue weighted by Gasteiger charge is 2.39. The van der Waals surface area contributed by atoms with Gasteiger partial charge in [0.1, 0.15) is 5.75 Å². The number of aromatic hydroxyl groups is 1. The molecule has 3 N–H and O–H groups in total. The van der Waals surface area contributed by atoms with Gasteiger partial charge in [-0.05, 0) is 43.4 Å². The Morgan fingerprint density at radius 1 is 1.38 bits per heavy atom. The summed E-state index contributed by atoms with van der Waals surface area (Å²) in [6, 6.07) is 6.52. The predicted molar refractivity (Wildman–Crippen MR) is 78.9 cm³/mol. The Labute approximate surface area is 124 Å². The minimum absolute atomic E-state index is 0.0169. The summed E-state index contributed by atoms with van der Waals surface area (Å²) in [5, 5.41) is 9.29. The van der Waals surface area contributed by atoms with E-state index in [0.717, 1.165) is 24.8 Å². The van der Waals surface area contributed by atoms with Crippen molar-refractivity contribution in [2.24, 2.45) is 5.73 Å². The maximum absolute atomic E-state index is 12.6. The van der Waals surface area contributed by atoms with Crippen LogP contribution in [0.25, 0.3) is 0 Å². The fourth-order valence-corrected chi connectivity index (χ4v) is 3.39. The third kappa shape index (κ3) is 3.04. The van der Waals surface area contributed by atoms with Gasteiger partial charge in [-0.2, -0.15) is 0 Å². The van der Waals surface area contributed by atoms with Gasteiger partial charge in [0.25, 0.3) is 0 Å². The van der Waals surface area contributed by atoms with Crippen molar-refractivity contribution in [3.8, 4) is 5.75 Å². The van der Waals surface area contributed by atoms with Gasteiger partial charge in [-0.15, -0.1) is 0 Å². The molecule has 0 radical (unpaired) electrons. The average molecular weight is 290 g/mol. The number of amides is 1. The second-order valence-electron chi connectivity index (χ2n) is 5.92. The van der Waals surface area contributed by atoms with Crippen LogP contribution >= 0.6 is 0 Å². The smallest absolute Gasteiger partial charge is 0.240 e. The summed E-state index contributed by atoms with van der Waals surface area (Å²) in [7, 11) is 0. The lowest BCUT2D eigenvalue weighted by molar-refractivity contribution is -0.145. The third-order valence-electron chi connectivity index (χ3n) is 4.47. The molecule has 0 bridgehead atoms. The van der Waals surface area contributed by atoms with E-state index in [1.165, 1.54) is 0 Å². The van der Waals surface area contributed by atoms with Gasteiger partial charge in [-0.1, -0.05) is 12.1 Å². The maximum Gasteiger partial charge on any atom is 0.240 e. The molecule has 1 aliphatic carbocycles. The molecule has 1 aromatic rings. The summed E-state index contributed by atoms with van der Waals surface area (Å²) in [4.78, 5) is 14.5. The van der Waals surface area contributed by atoms with Crippen molar-refractivity contribution in [3.63, 3.8) is 0 Å². The molecule has 1 amide bonds. The van der Waals surface area contributed by atoms with Gasteiger partial charge in [-0.3, -0.25) is 4.79 Å². The largest absolute Gasteiger partial charge is 0.508 e. The number of hydrogen-bond acceptors (Lipinski definition) is 4. The number of rotatable bonds is 3. The maximum atomic E-state index is 12.6. The lowest BCUT2D eigenvalue weighted by Crippen LogP contribution is -2.56. The number of ether oxygens (including phenoxy) is 1. The van der Waals surface area contributed by atoms with E-state index in [1.54, 1.807) is 24.3 Å². The van der Waals surface area contributed by atoms with E-state index in [4.69, 9.17) is 10.5 Å². The summed E-state index contributed by atoms with van der Waals surface area (Å²) < 4.78 is 5.73. The molecule has 21 heavy (non-hydrogen) atoms. The summed E-state index contributed by atoms with van der Waals surface area (Å²) in [5.74, 6) is 0.240. The van der Waals surface area contributed by atoms with E-state index in [0.29, 0.717) is 19.6 Å². The normalized spacial score (nSPS) is 26.4. The quantitative estimate of drug-likeness (QED) is 0.872. The lowest BCUT2D eigenvalue weighted by Gasteiger charge is -2.39. The van der Waals surface area contributed by atoms with E-state index in [2.05, 4.69) is 0 Å². The highest BCUT2D eigenvalue weighted by molar-refractivity contribution is 5.82. The molecule has 2 aliphatic rings. The highest BCUT2D eigenvalue weighted by Crippen LogP contribution is 2.30. The van der Waals surface area contributed by atoms with Gasteiger partial charge in [0.15, 0.2) is 0 Å². The number of nitrogens with two attached hydrogens (primary N) is 1. The fraction of sp³-hybridized carbons (Fsp3) is 0.562. The van der Waals surface area contributed by atoms with E-state index < -0.39 is 6.04 Å². The van der Waals surface area contributed by atoms with Gasteiger partial charge in [0.05, 0.1) is 24.8 Å². The first-order chi connectivity index (χ1) is 10.1. The molecule has 2 unspecified atom stereocenters. The molecule has 5 heteroatoms. The van der Waals surface area contributed by atoms with Crippen LogP contribution < -0.4 is 5.73 Å². The van der Waals surface area contributed by atoms with Crippen molar-refractivity contribution >= 4 is 5.91 Å². The molecule has 1 saturated carbocycles. The van der Waals surface area contributed by atoms with E-state index in [1.807, 2.05) is 4.90 Å². The summed E-state index contributed by atoms with van der Waals surface area (Å²) >= 11 is 0. The average Bonchev–Trinajstić information content (AvgIpc) is 2.97. The van der Waals surface area contributed by atoms with E-state index in [9.17, 15) is 9.90 Å². The van der Waals surface area contributed by atoms with Crippen LogP contribution in [0.3, 0.4) is 0 Å². The van der Waals surface area contributed by atoms with Gasteiger partial charge in [0, 0.05) is 6.54 Å². The van der Waals surface area contributed by atoms with Crippen LogP contribution in [-0.2, 0) is 16.0 Å². The zero-order valence-corrected chi connectivity index (χ0v) is 12.1. The number of fused-ring (bicyclic) bond motifs is 1. The Balaban J connectivity index is 1.65. The summed E-state index contributed by atoms with van der Waals surface area (Å²) in [6.07, 6.45) is 3.87. The molecule has 3 atom stereocenters. The molecule has 1 aromatic carbocycles. The molecule has 5 nitrogen and oxygen atoms in total. The first kappa shape index (κ1) is 14.4. The second kappa shape index (κ2) is 6.03. The minimum Gasteiger partial charge on any atom is -0.508 e. The standard InChI is InChI=1S/C16H22N2O3/c17-13(10-11-4-6-12(19)7-5-11)16(20)18-8-9-21-15-3-1-2-14(15)18/h4-7,13-15,19H,1-3,8-10,17H2/t13-,14?,15?/m1/s1. The molecular weight excluding hydrogens is 268 g/mol. The number of benzene rings is 1. The van der Waals surface area contributed by atoms with Gasteiger partial charge in [0.2, 0.25) is 5.91 Å². The van der Waals surface area contributed by atoms with Gasteiger partial charge >= 0.3 is 0 Å². The fourth-order valence-electron chi connectivity index (χ4n) is 3.39. The molecule has 0 aromatic heterocycles. The zero-order chi connectivity index (χ0) is 14.8. The van der Waals surface area contributed by atoms with E-state index in [-0.39, 0.29) is 23.8 Å². The lowest BCUT2D eigenvalue weighted by atomic mass is 10.0. The van der Waals surface area contributed by atoms with Crippen LogP contribution in [0.4, 0.5) is 0 Å². The van der Waals surface area contributed by atoms with Crippen LogP contribution in [0, 0.1) is 0 Å². The highest BCUT2D eigenvalue weighted by atomic mass is 16.5. The van der Waals surface area contributed by atoms with Crippen molar-refractivity contribution in [1.82, 2.24) is 4.90 Å². The Morgan fingerprint density at radius 2 is 2.14 bits per heavy atom. The number of phenolic OH excluding ortho intramolecular Hbond substituents is 1. The third-order valence-corrected chi connectivity index (χ3v) is 4.47. The Bertz CT molecular complexity index is 503. The van der Waals surface area contributed by atoms with Crippen LogP contribution in [0.5, 0.6) is 5.75 Å². The summed E-state index contributed by atoms with van der Waals surface area (Å²) in [6.45, 7) is 1.25. The van der Waals surface area contributed by atoms with E-state index >= 15 is 0 Å². The SMILES string of the molecule is N[C@H](Cc1ccc(O)cc1)C(=O)N1CCOC2CCCC21. The first-order valence-corrected chi connectivity index (χ1v) is 7.61. The minimum atomic E-state index is -0.533. The van der Waals surface area contributed by atoms with Crippen LogP contribution in [-0.4, -0.2) is 47.3 Å². The van der Waals surface area contributed by atoms with Gasteiger partial charge in [-0.25, -0.2) is 0 Å². The Morgan fingerprint density at radius 3 is 2.90 bits per heavy atom. The molecule has 1 aliphatic heterocycles. The molecule has 114 valence electrons. The van der Waals surface area contributed by atoms with Gasteiger partial charge < -0.3 is 20.5 Å². The Kier molecular flexibility index (Phi) is 4.12. The Hall–Kier alpha value is -1.59. The van der Waals surface area contributed by atoms with Crippen LogP contribution in [0.1, 0.15) is 24.8 Å². The van der Waals surface area contributed by atoms with Crippen molar-refractivity contribution < 1.29 is 14.6 Å². The summed E-state index contributed by atoms with van der Waals surface area (Å²) in [5.41, 5.74) is 7.07. The van der Waals surface area contributed by atoms with Crippen molar-refractivity contribution in [1.29, 1.82) is 0 Å². The molecule has 1 heterocycles. The van der Waals surface area contributed by atoms with Crippen molar-refractivity contribution in [2.75, 3.05) is 13.2 Å². The molecular formula is C16H22N2O3. The molecule has 0 spiro atoms. The van der Waals surface area contributed by atoms with Crippen molar-refractivity contribution in [3.05, 3.63) is 29.8 Å². The first-order valence-electron chi connectivity index (χ1n) is 7.61. The monoisotopic (exact) mass is 290 g/mol. The number of phenols is 1. The molecule has 2 fully saturated rings. The number of carbonyl (C=O) groups excluding carboxylic acids is 1. The number of nitrogens with zero attached hydrogens (tertiary/aromatic N) is 1. The molecule has 1 saturated heterocycles. The van der Waals surface area contributed by atoms with Crippen molar-refractivity contribution in [2.45, 2.75) is 43.9 Å². The number of hydrogen-bond donors (Lipinski definition) is 2. The van der Waals surface area contributed by atoms with Crippen LogP contribution in [0.15, 0.2) is 24.3 Å². The predicted octanol–water partition coefficient (Wildman–Crippen LogP) is 1.04. The zero-order valence-electron chi connectivity index (χ0n) is 12.1. The number of carbonyl (C=O) groups is 1. The topological polar surface area (TPSA) is 75.8 Å². The second-order valence-corrected chi connectivity index (χ2v) is 5.92. The molecule has 3 rings (SSSR count).